The number of piperidine rings is 1. The van der Waals surface area contributed by atoms with E-state index >= 15 is 0 Å². The first-order valence-electron chi connectivity index (χ1n) is 8.49. The summed E-state index contributed by atoms with van der Waals surface area (Å²) < 4.78 is 0. The molecule has 0 unspecified atom stereocenters. The zero-order valence-corrected chi connectivity index (χ0v) is 13.6. The number of amides is 1. The van der Waals surface area contributed by atoms with Gasteiger partial charge < -0.3 is 9.80 Å². The SMILES string of the molecule is O=C(Cc1ccncc1)N1C[C@H]2CC[C@@H]1CN(c1cnccn1)C2. The smallest absolute Gasteiger partial charge is 0.227 e. The summed E-state index contributed by atoms with van der Waals surface area (Å²) in [5.41, 5.74) is 1.03. The molecule has 2 aromatic rings. The maximum absolute atomic E-state index is 12.8. The quantitative estimate of drug-likeness (QED) is 0.857. The van der Waals surface area contributed by atoms with Gasteiger partial charge in [0.2, 0.25) is 5.91 Å². The van der Waals surface area contributed by atoms with E-state index in [-0.39, 0.29) is 11.9 Å². The van der Waals surface area contributed by atoms with Gasteiger partial charge in [-0.2, -0.15) is 0 Å². The maximum atomic E-state index is 12.8. The molecule has 0 aromatic carbocycles. The Kier molecular flexibility index (Phi) is 4.11. The molecule has 3 saturated heterocycles. The molecule has 24 heavy (non-hydrogen) atoms. The molecular formula is C18H21N5O. The summed E-state index contributed by atoms with van der Waals surface area (Å²) in [5, 5.41) is 0. The first-order chi connectivity index (χ1) is 11.8. The maximum Gasteiger partial charge on any atom is 0.227 e. The third-order valence-corrected chi connectivity index (χ3v) is 5.01. The normalized spacial score (nSPS) is 23.2. The Labute approximate surface area is 141 Å². The number of pyridine rings is 1. The van der Waals surface area contributed by atoms with E-state index in [0.717, 1.165) is 37.4 Å². The molecule has 0 spiro atoms. The van der Waals surface area contributed by atoms with E-state index in [1.165, 1.54) is 6.42 Å². The van der Waals surface area contributed by atoms with Crippen LogP contribution in [0, 0.1) is 5.92 Å². The van der Waals surface area contributed by atoms with Gasteiger partial charge in [-0.25, -0.2) is 4.98 Å². The van der Waals surface area contributed by atoms with Gasteiger partial charge >= 0.3 is 0 Å². The van der Waals surface area contributed by atoms with E-state index in [1.54, 1.807) is 24.8 Å². The summed E-state index contributed by atoms with van der Waals surface area (Å²) in [6.45, 7) is 2.65. The summed E-state index contributed by atoms with van der Waals surface area (Å²) in [4.78, 5) is 29.8. The highest BCUT2D eigenvalue weighted by atomic mass is 16.2. The summed E-state index contributed by atoms with van der Waals surface area (Å²) in [6.07, 6.45) is 11.4. The molecular weight excluding hydrogens is 302 g/mol. The topological polar surface area (TPSA) is 62.2 Å². The first kappa shape index (κ1) is 15.1. The van der Waals surface area contributed by atoms with E-state index in [4.69, 9.17) is 0 Å². The highest BCUT2D eigenvalue weighted by molar-refractivity contribution is 5.79. The van der Waals surface area contributed by atoms with Crippen molar-refractivity contribution in [2.24, 2.45) is 5.92 Å². The monoisotopic (exact) mass is 323 g/mol. The molecule has 2 aromatic heterocycles. The van der Waals surface area contributed by atoms with Gasteiger partial charge in [0.05, 0.1) is 12.6 Å². The van der Waals surface area contributed by atoms with Crippen LogP contribution in [-0.2, 0) is 11.2 Å². The van der Waals surface area contributed by atoms with Crippen LogP contribution in [0.5, 0.6) is 0 Å². The van der Waals surface area contributed by atoms with Crippen molar-refractivity contribution in [1.82, 2.24) is 19.9 Å². The van der Waals surface area contributed by atoms with Crippen LogP contribution in [0.15, 0.2) is 43.1 Å². The number of nitrogens with zero attached hydrogens (tertiary/aromatic N) is 5. The molecule has 0 aliphatic carbocycles. The van der Waals surface area contributed by atoms with Crippen LogP contribution in [0.1, 0.15) is 18.4 Å². The molecule has 6 nitrogen and oxygen atoms in total. The lowest BCUT2D eigenvalue weighted by molar-refractivity contribution is -0.134. The Morgan fingerprint density at radius 1 is 1.04 bits per heavy atom. The van der Waals surface area contributed by atoms with Gasteiger partial charge in [-0.1, -0.05) is 0 Å². The number of aromatic nitrogens is 3. The van der Waals surface area contributed by atoms with Crippen molar-refractivity contribution in [2.45, 2.75) is 25.3 Å². The minimum atomic E-state index is 0.219. The van der Waals surface area contributed by atoms with E-state index in [1.807, 2.05) is 18.3 Å². The first-order valence-corrected chi connectivity index (χ1v) is 8.49. The van der Waals surface area contributed by atoms with Crippen molar-refractivity contribution in [3.05, 3.63) is 48.7 Å². The number of anilines is 1. The van der Waals surface area contributed by atoms with Crippen LogP contribution in [0.2, 0.25) is 0 Å². The fourth-order valence-corrected chi connectivity index (χ4v) is 3.81. The van der Waals surface area contributed by atoms with Crippen LogP contribution in [0.25, 0.3) is 0 Å². The third kappa shape index (κ3) is 3.09. The largest absolute Gasteiger partial charge is 0.353 e. The number of hydrogen-bond acceptors (Lipinski definition) is 5. The molecule has 2 bridgehead atoms. The van der Waals surface area contributed by atoms with Crippen LogP contribution >= 0.6 is 0 Å². The molecule has 0 radical (unpaired) electrons. The lowest BCUT2D eigenvalue weighted by atomic mass is 9.94. The summed E-state index contributed by atoms with van der Waals surface area (Å²) in [5.74, 6) is 1.64. The van der Waals surface area contributed by atoms with Gasteiger partial charge in [-0.05, 0) is 36.5 Å². The highest BCUT2D eigenvalue weighted by Crippen LogP contribution is 2.30. The van der Waals surface area contributed by atoms with Crippen LogP contribution in [-0.4, -0.2) is 51.4 Å². The van der Waals surface area contributed by atoms with Crippen molar-refractivity contribution >= 4 is 11.7 Å². The molecule has 0 saturated carbocycles. The summed E-state index contributed by atoms with van der Waals surface area (Å²) >= 11 is 0. The van der Waals surface area contributed by atoms with Crippen molar-refractivity contribution in [3.8, 4) is 0 Å². The number of hydrogen-bond donors (Lipinski definition) is 0. The minimum absolute atomic E-state index is 0.219. The molecule has 3 fully saturated rings. The van der Waals surface area contributed by atoms with Crippen molar-refractivity contribution in [3.63, 3.8) is 0 Å². The number of fused-ring (bicyclic) bond motifs is 4. The molecule has 0 N–H and O–H groups in total. The molecule has 3 aliphatic rings. The van der Waals surface area contributed by atoms with Gasteiger partial charge in [0.1, 0.15) is 5.82 Å². The zero-order chi connectivity index (χ0) is 16.4. The summed E-state index contributed by atoms with van der Waals surface area (Å²) in [7, 11) is 0. The van der Waals surface area contributed by atoms with Crippen LogP contribution < -0.4 is 4.90 Å². The van der Waals surface area contributed by atoms with Gasteiger partial charge in [-0.3, -0.25) is 14.8 Å². The predicted octanol–water partition coefficient (Wildman–Crippen LogP) is 1.54. The number of rotatable bonds is 3. The second-order valence-electron chi connectivity index (χ2n) is 6.64. The Hall–Kier alpha value is -2.50. The van der Waals surface area contributed by atoms with Gasteiger partial charge in [0.25, 0.3) is 0 Å². The summed E-state index contributed by atoms with van der Waals surface area (Å²) in [6, 6.07) is 4.10. The minimum Gasteiger partial charge on any atom is -0.353 e. The second kappa shape index (κ2) is 6.55. The zero-order valence-electron chi connectivity index (χ0n) is 13.6. The van der Waals surface area contributed by atoms with E-state index in [2.05, 4.69) is 24.8 Å². The van der Waals surface area contributed by atoms with E-state index in [9.17, 15) is 4.79 Å². The highest BCUT2D eigenvalue weighted by Gasteiger charge is 2.37. The van der Waals surface area contributed by atoms with Gasteiger partial charge in [-0.15, -0.1) is 0 Å². The second-order valence-corrected chi connectivity index (χ2v) is 6.64. The van der Waals surface area contributed by atoms with Gasteiger partial charge in [0.15, 0.2) is 0 Å². The average molecular weight is 323 g/mol. The lowest BCUT2D eigenvalue weighted by Gasteiger charge is -2.36. The molecule has 6 heteroatoms. The van der Waals surface area contributed by atoms with E-state index < -0.39 is 0 Å². The fourth-order valence-electron chi connectivity index (χ4n) is 3.81. The van der Waals surface area contributed by atoms with Crippen molar-refractivity contribution in [2.75, 3.05) is 24.5 Å². The molecule has 5 rings (SSSR count). The number of carbonyl (C=O) groups is 1. The molecule has 124 valence electrons. The fraction of sp³-hybridized carbons (Fsp3) is 0.444. The number of carbonyl (C=O) groups excluding carboxylic acids is 1. The Balaban J connectivity index is 1.49. The Morgan fingerprint density at radius 3 is 2.71 bits per heavy atom. The third-order valence-electron chi connectivity index (χ3n) is 5.01. The Bertz CT molecular complexity index is 693. The van der Waals surface area contributed by atoms with E-state index in [0.29, 0.717) is 12.3 Å². The Morgan fingerprint density at radius 2 is 1.92 bits per heavy atom. The van der Waals surface area contributed by atoms with Crippen LogP contribution in [0.4, 0.5) is 5.82 Å². The molecule has 2 atom stereocenters. The molecule has 3 aliphatic heterocycles. The van der Waals surface area contributed by atoms with Crippen LogP contribution in [0.3, 0.4) is 0 Å². The van der Waals surface area contributed by atoms with Crippen molar-refractivity contribution in [1.29, 1.82) is 0 Å². The average Bonchev–Trinajstić information content (AvgIpc) is 2.95. The standard InChI is InChI=1S/C18H21N5O/c24-18(9-14-3-5-19-6-4-14)23-12-15-1-2-16(23)13-22(11-15)17-10-20-7-8-21-17/h3-8,10,15-16H,1-2,9,11-13H2/t15-,16+/m0/s1. The predicted molar refractivity (Wildman–Crippen MR) is 90.4 cm³/mol. The molecule has 1 amide bonds. The van der Waals surface area contributed by atoms with Crippen molar-refractivity contribution < 1.29 is 4.79 Å². The lowest BCUT2D eigenvalue weighted by Crippen LogP contribution is -2.48. The molecule has 5 heterocycles. The van der Waals surface area contributed by atoms with Gasteiger partial charge in [0, 0.05) is 50.5 Å².